The minimum Gasteiger partial charge on any atom is -0.469 e. The minimum absolute atomic E-state index is 0.217. The molecule has 1 N–H and O–H groups in total. The van der Waals surface area contributed by atoms with Gasteiger partial charge in [-0.25, -0.2) is 4.98 Å². The Morgan fingerprint density at radius 1 is 1.42 bits per heavy atom. The molecule has 0 unspecified atom stereocenters. The van der Waals surface area contributed by atoms with Crippen LogP contribution >= 0.6 is 11.3 Å². The first-order valence-electron chi connectivity index (χ1n) is 6.43. The van der Waals surface area contributed by atoms with E-state index >= 15 is 0 Å². The van der Waals surface area contributed by atoms with Crippen LogP contribution in [0.25, 0.3) is 0 Å². The normalized spacial score (nSPS) is 17.7. The zero-order valence-electron chi connectivity index (χ0n) is 11.0. The quantitative estimate of drug-likeness (QED) is 0.858. The molecule has 0 spiro atoms. The molecule has 1 fully saturated rings. The lowest BCUT2D eigenvalue weighted by Crippen LogP contribution is -2.45. The van der Waals surface area contributed by atoms with Crippen LogP contribution in [0.15, 0.2) is 10.9 Å². The van der Waals surface area contributed by atoms with Gasteiger partial charge in [0.2, 0.25) is 0 Å². The molecule has 1 amide bonds. The molecule has 1 heterocycles. The van der Waals surface area contributed by atoms with Crippen LogP contribution in [-0.2, 0) is 9.53 Å². The maximum atomic E-state index is 12.0. The highest BCUT2D eigenvalue weighted by Gasteiger charge is 2.40. The number of hydrogen-bond acceptors (Lipinski definition) is 5. The number of nitrogens with zero attached hydrogens (tertiary/aromatic N) is 1. The van der Waals surface area contributed by atoms with Crippen molar-refractivity contribution >= 4 is 23.2 Å². The number of methoxy groups -OCH3 is 1. The Morgan fingerprint density at radius 2 is 2.16 bits per heavy atom. The number of nitrogens with one attached hydrogen (secondary N) is 1. The van der Waals surface area contributed by atoms with Crippen LogP contribution in [0, 0.1) is 5.41 Å². The Kier molecular flexibility index (Phi) is 4.52. The van der Waals surface area contributed by atoms with Crippen molar-refractivity contribution in [3.05, 3.63) is 16.6 Å². The fraction of sp³-hybridized carbons (Fsp3) is 0.615. The van der Waals surface area contributed by atoms with Gasteiger partial charge in [0.1, 0.15) is 5.69 Å². The third-order valence-electron chi connectivity index (χ3n) is 3.68. The first kappa shape index (κ1) is 14.0. The van der Waals surface area contributed by atoms with Crippen LogP contribution < -0.4 is 5.32 Å². The number of esters is 1. The molecular weight excluding hydrogens is 264 g/mol. The Bertz CT molecular complexity index is 439. The van der Waals surface area contributed by atoms with E-state index in [-0.39, 0.29) is 11.9 Å². The van der Waals surface area contributed by atoms with E-state index in [4.69, 9.17) is 4.74 Å². The molecule has 0 radical (unpaired) electrons. The number of rotatable bonds is 4. The standard InChI is InChI=1S/C13H18N2O3S/c1-18-12(17)13(5-3-2-4-6-13)8-14-11(16)10-7-19-9-15-10/h7,9H,2-6,8H2,1H3,(H,14,16). The topological polar surface area (TPSA) is 68.3 Å². The van der Waals surface area contributed by atoms with E-state index in [1.165, 1.54) is 18.4 Å². The van der Waals surface area contributed by atoms with Crippen molar-refractivity contribution in [1.29, 1.82) is 0 Å². The van der Waals surface area contributed by atoms with Gasteiger partial charge in [0.15, 0.2) is 0 Å². The summed E-state index contributed by atoms with van der Waals surface area (Å²) in [6.07, 6.45) is 4.69. The molecule has 19 heavy (non-hydrogen) atoms. The molecule has 1 aromatic rings. The van der Waals surface area contributed by atoms with Crippen LogP contribution in [0.5, 0.6) is 0 Å². The lowest BCUT2D eigenvalue weighted by atomic mass is 9.74. The molecule has 0 bridgehead atoms. The first-order chi connectivity index (χ1) is 9.18. The smallest absolute Gasteiger partial charge is 0.313 e. The first-order valence-corrected chi connectivity index (χ1v) is 7.37. The fourth-order valence-electron chi connectivity index (χ4n) is 2.56. The highest BCUT2D eigenvalue weighted by molar-refractivity contribution is 7.07. The van der Waals surface area contributed by atoms with E-state index < -0.39 is 5.41 Å². The lowest BCUT2D eigenvalue weighted by Gasteiger charge is -2.34. The van der Waals surface area contributed by atoms with Gasteiger partial charge in [-0.2, -0.15) is 0 Å². The molecule has 0 aliphatic heterocycles. The average Bonchev–Trinajstić information content (AvgIpc) is 2.99. The average molecular weight is 282 g/mol. The van der Waals surface area contributed by atoms with Gasteiger partial charge in [-0.3, -0.25) is 9.59 Å². The molecular formula is C13H18N2O3S. The van der Waals surface area contributed by atoms with Gasteiger partial charge in [-0.15, -0.1) is 11.3 Å². The second-order valence-corrected chi connectivity index (χ2v) is 5.61. The van der Waals surface area contributed by atoms with Crippen molar-refractivity contribution < 1.29 is 14.3 Å². The zero-order valence-corrected chi connectivity index (χ0v) is 11.8. The van der Waals surface area contributed by atoms with E-state index in [9.17, 15) is 9.59 Å². The zero-order chi connectivity index (χ0) is 13.7. The minimum atomic E-state index is -0.557. The van der Waals surface area contributed by atoms with Crippen LogP contribution in [-0.4, -0.2) is 30.5 Å². The maximum absolute atomic E-state index is 12.0. The third-order valence-corrected chi connectivity index (χ3v) is 4.27. The maximum Gasteiger partial charge on any atom is 0.313 e. The van der Waals surface area contributed by atoms with Gasteiger partial charge in [-0.1, -0.05) is 19.3 Å². The Morgan fingerprint density at radius 3 is 2.74 bits per heavy atom. The third kappa shape index (κ3) is 3.12. The number of carbonyl (C=O) groups is 2. The molecule has 1 aliphatic carbocycles. The number of hydrogen-bond donors (Lipinski definition) is 1. The molecule has 0 saturated heterocycles. The van der Waals surface area contributed by atoms with Crippen LogP contribution in [0.3, 0.4) is 0 Å². The van der Waals surface area contributed by atoms with Gasteiger partial charge in [0.05, 0.1) is 18.0 Å². The summed E-state index contributed by atoms with van der Waals surface area (Å²) in [5, 5.41) is 4.51. The molecule has 1 aliphatic rings. The second kappa shape index (κ2) is 6.14. The van der Waals surface area contributed by atoms with Crippen LogP contribution in [0.1, 0.15) is 42.6 Å². The second-order valence-electron chi connectivity index (χ2n) is 4.89. The molecule has 2 rings (SSSR count). The Labute approximate surface area is 116 Å². The van der Waals surface area contributed by atoms with Gasteiger partial charge < -0.3 is 10.1 Å². The summed E-state index contributed by atoms with van der Waals surface area (Å²) in [6.45, 7) is 0.329. The predicted molar refractivity (Wildman–Crippen MR) is 72.0 cm³/mol. The molecule has 1 saturated carbocycles. The molecule has 0 aromatic carbocycles. The van der Waals surface area contributed by atoms with Crippen molar-refractivity contribution in [2.24, 2.45) is 5.41 Å². The van der Waals surface area contributed by atoms with E-state index in [2.05, 4.69) is 10.3 Å². The number of amides is 1. The van der Waals surface area contributed by atoms with Gasteiger partial charge >= 0.3 is 5.97 Å². The fourth-order valence-corrected chi connectivity index (χ4v) is 3.09. The van der Waals surface area contributed by atoms with E-state index in [0.29, 0.717) is 12.2 Å². The number of aromatic nitrogens is 1. The van der Waals surface area contributed by atoms with Gasteiger partial charge in [0.25, 0.3) is 5.91 Å². The summed E-state index contributed by atoms with van der Waals surface area (Å²) in [6, 6.07) is 0. The Balaban J connectivity index is 2.00. The van der Waals surface area contributed by atoms with Crippen molar-refractivity contribution in [1.82, 2.24) is 10.3 Å². The van der Waals surface area contributed by atoms with E-state index in [1.54, 1.807) is 10.9 Å². The monoisotopic (exact) mass is 282 g/mol. The van der Waals surface area contributed by atoms with Crippen molar-refractivity contribution in [2.75, 3.05) is 13.7 Å². The van der Waals surface area contributed by atoms with Crippen LogP contribution in [0.4, 0.5) is 0 Å². The summed E-state index contributed by atoms with van der Waals surface area (Å²) >= 11 is 1.38. The van der Waals surface area contributed by atoms with Crippen molar-refractivity contribution in [2.45, 2.75) is 32.1 Å². The number of thiazole rings is 1. The van der Waals surface area contributed by atoms with Crippen LogP contribution in [0.2, 0.25) is 0 Å². The summed E-state index contributed by atoms with van der Waals surface area (Å²) in [5.74, 6) is -0.444. The van der Waals surface area contributed by atoms with Gasteiger partial charge in [0, 0.05) is 11.9 Å². The van der Waals surface area contributed by atoms with E-state index in [0.717, 1.165) is 32.1 Å². The Hall–Kier alpha value is -1.43. The molecule has 104 valence electrons. The predicted octanol–water partition coefficient (Wildman–Crippen LogP) is 2.00. The SMILES string of the molecule is COC(=O)C1(CNC(=O)c2cscn2)CCCCC1. The summed E-state index contributed by atoms with van der Waals surface area (Å²) in [5.41, 5.74) is 1.46. The molecule has 6 heteroatoms. The van der Waals surface area contributed by atoms with Gasteiger partial charge in [-0.05, 0) is 12.8 Å². The lowest BCUT2D eigenvalue weighted by molar-refractivity contribution is -0.154. The van der Waals surface area contributed by atoms with E-state index in [1.807, 2.05) is 0 Å². The summed E-state index contributed by atoms with van der Waals surface area (Å²) in [4.78, 5) is 27.8. The molecule has 1 aromatic heterocycles. The highest BCUT2D eigenvalue weighted by Crippen LogP contribution is 2.36. The summed E-state index contributed by atoms with van der Waals surface area (Å²) in [7, 11) is 1.40. The largest absolute Gasteiger partial charge is 0.469 e. The highest BCUT2D eigenvalue weighted by atomic mass is 32.1. The van der Waals surface area contributed by atoms with Crippen molar-refractivity contribution in [3.63, 3.8) is 0 Å². The van der Waals surface area contributed by atoms with Crippen molar-refractivity contribution in [3.8, 4) is 0 Å². The number of carbonyl (C=O) groups excluding carboxylic acids is 2. The molecule has 5 nitrogen and oxygen atoms in total. The number of ether oxygens (including phenoxy) is 1. The summed E-state index contributed by atoms with van der Waals surface area (Å²) < 4.78 is 4.91. The molecule has 0 atom stereocenters.